The molecule has 2 heteroatoms. The molecule has 0 spiro atoms. The summed E-state index contributed by atoms with van der Waals surface area (Å²) in [5.41, 5.74) is 24.3. The Hall–Kier alpha value is -4.36. The van der Waals surface area contributed by atoms with Crippen molar-refractivity contribution in [2.24, 2.45) is 0 Å². The quantitative estimate of drug-likeness (QED) is 0.0650. The molecule has 0 aliphatic carbocycles. The first-order valence-corrected chi connectivity index (χ1v) is 25.7. The van der Waals surface area contributed by atoms with Crippen LogP contribution in [0.5, 0.6) is 0 Å². The van der Waals surface area contributed by atoms with Gasteiger partial charge >= 0.3 is 26.2 Å². The standard InChI is InChI=1S/2C30H33.C2H6Si.Zr/c2*1-6-7-8-9-24-18-29-27(25-14-20(2)12-21(3)15-25)10-11-28(30(29)19-24)26-16-22(4)13-23(5)17-26;1-3-2;/h2*10-19H,6-9H2,1-5H3;1-2H3;/q2*-1;;+2. The third-order valence-corrected chi connectivity index (χ3v) is 12.2. The molecule has 0 bridgehead atoms. The molecule has 0 aromatic heterocycles. The van der Waals surface area contributed by atoms with Crippen LogP contribution in [-0.4, -0.2) is 9.52 Å². The van der Waals surface area contributed by atoms with Crippen molar-refractivity contribution in [3.63, 3.8) is 0 Å². The molecule has 8 aromatic carbocycles. The average molecular weight is 937 g/mol. The van der Waals surface area contributed by atoms with Gasteiger partial charge in [-0.3, -0.25) is 0 Å². The second-order valence-corrected chi connectivity index (χ2v) is 19.6. The summed E-state index contributed by atoms with van der Waals surface area (Å²) in [7, 11) is 1.08. The van der Waals surface area contributed by atoms with E-state index in [1.54, 1.807) is 0 Å². The van der Waals surface area contributed by atoms with Gasteiger partial charge in [-0.05, 0) is 79.4 Å². The van der Waals surface area contributed by atoms with E-state index in [1.165, 1.54) is 173 Å². The summed E-state index contributed by atoms with van der Waals surface area (Å²) in [6, 6.07) is 46.7. The van der Waals surface area contributed by atoms with E-state index in [1.807, 2.05) is 0 Å². The summed E-state index contributed by atoms with van der Waals surface area (Å²) in [6.07, 6.45) is 10.0. The minimum absolute atomic E-state index is 0. The topological polar surface area (TPSA) is 0 Å². The van der Waals surface area contributed by atoms with E-state index in [2.05, 4.69) is 204 Å². The van der Waals surface area contributed by atoms with Crippen molar-refractivity contribution in [2.75, 3.05) is 0 Å². The van der Waals surface area contributed by atoms with Gasteiger partial charge in [-0.2, -0.15) is 12.1 Å². The van der Waals surface area contributed by atoms with E-state index in [4.69, 9.17) is 0 Å². The Labute approximate surface area is 409 Å². The van der Waals surface area contributed by atoms with Gasteiger partial charge in [-0.1, -0.05) is 240 Å². The first-order valence-electron chi connectivity index (χ1n) is 23.7. The first-order chi connectivity index (χ1) is 30.3. The maximum absolute atomic E-state index is 2.45. The third kappa shape index (κ3) is 12.9. The minimum Gasteiger partial charge on any atom is -0.164 e. The number of fused-ring (bicyclic) bond motifs is 2. The van der Waals surface area contributed by atoms with Crippen molar-refractivity contribution in [2.45, 2.75) is 134 Å². The summed E-state index contributed by atoms with van der Waals surface area (Å²) in [5, 5.41) is 5.57. The van der Waals surface area contributed by atoms with Crippen molar-refractivity contribution < 1.29 is 26.2 Å². The van der Waals surface area contributed by atoms with Crippen LogP contribution in [-0.2, 0) is 39.0 Å². The summed E-state index contributed by atoms with van der Waals surface area (Å²) in [4.78, 5) is 0. The second-order valence-electron chi connectivity index (χ2n) is 18.6. The zero-order valence-electron chi connectivity index (χ0n) is 41.2. The fourth-order valence-electron chi connectivity index (χ4n) is 9.69. The van der Waals surface area contributed by atoms with Crippen LogP contribution in [0.15, 0.2) is 121 Å². The van der Waals surface area contributed by atoms with E-state index < -0.39 is 0 Å². The van der Waals surface area contributed by atoms with Gasteiger partial charge in [0, 0.05) is 9.52 Å². The number of unbranched alkanes of at least 4 members (excludes halogenated alkanes) is 4. The molecule has 0 saturated heterocycles. The van der Waals surface area contributed by atoms with Gasteiger partial charge in [0.05, 0.1) is 0 Å². The maximum Gasteiger partial charge on any atom is 2.00 e. The Balaban J connectivity index is 0.000000224. The summed E-state index contributed by atoms with van der Waals surface area (Å²) >= 11 is 0. The van der Waals surface area contributed by atoms with Crippen LogP contribution in [0.4, 0.5) is 0 Å². The van der Waals surface area contributed by atoms with E-state index in [0.717, 1.165) is 9.52 Å². The largest absolute Gasteiger partial charge is 2.00 e. The van der Waals surface area contributed by atoms with Gasteiger partial charge < -0.3 is 0 Å². The Morgan fingerprint density at radius 2 is 0.609 bits per heavy atom. The molecule has 0 amide bonds. The zero-order valence-corrected chi connectivity index (χ0v) is 44.7. The van der Waals surface area contributed by atoms with Gasteiger partial charge in [0.15, 0.2) is 0 Å². The van der Waals surface area contributed by atoms with E-state index >= 15 is 0 Å². The van der Waals surface area contributed by atoms with Gasteiger partial charge in [-0.15, -0.1) is 44.8 Å². The summed E-state index contributed by atoms with van der Waals surface area (Å²) < 4.78 is 0. The van der Waals surface area contributed by atoms with Crippen LogP contribution in [0.3, 0.4) is 0 Å². The molecule has 8 rings (SSSR count). The van der Waals surface area contributed by atoms with Gasteiger partial charge in [0.2, 0.25) is 0 Å². The van der Waals surface area contributed by atoms with Gasteiger partial charge in [0.25, 0.3) is 0 Å². The molecule has 0 unspecified atom stereocenters. The molecule has 0 atom stereocenters. The Morgan fingerprint density at radius 1 is 0.359 bits per heavy atom. The Kier molecular flexibility index (Phi) is 18.8. The maximum atomic E-state index is 2.45. The minimum atomic E-state index is 0. The van der Waals surface area contributed by atoms with Crippen LogP contribution < -0.4 is 0 Å². The number of hydrogen-bond donors (Lipinski definition) is 0. The number of aryl methyl sites for hydroxylation is 10. The molecule has 8 aromatic rings. The third-order valence-electron chi connectivity index (χ3n) is 12.2. The SMILES string of the molecule is CCCCCc1cc2c(-c3cc(C)cc(C)c3)ccc(-c3cc(C)cc(C)c3)c2[cH-]1.CCCCCc1cc2c(-c3cc(C)cc(C)c3)ccc(-c3cc(C)cc(C)c3)c2[cH-]1.C[Si]C.[Zr+2]. The van der Waals surface area contributed by atoms with Crippen molar-refractivity contribution in [3.05, 3.63) is 177 Å². The van der Waals surface area contributed by atoms with E-state index in [-0.39, 0.29) is 26.2 Å². The average Bonchev–Trinajstić information content (AvgIpc) is 3.84. The molecule has 328 valence electrons. The molecule has 0 fully saturated rings. The van der Waals surface area contributed by atoms with Crippen molar-refractivity contribution >= 4 is 31.1 Å². The molecular weight excluding hydrogens is 864 g/mol. The molecular formula is C62H72SiZr. The first kappa shape index (κ1) is 50.6. The number of hydrogen-bond acceptors (Lipinski definition) is 0. The van der Waals surface area contributed by atoms with E-state index in [0.29, 0.717) is 0 Å². The second kappa shape index (κ2) is 23.7. The fraction of sp³-hybridized carbons (Fsp3) is 0.323. The molecule has 0 heterocycles. The monoisotopic (exact) mass is 934 g/mol. The molecule has 2 radical (unpaired) electrons. The van der Waals surface area contributed by atoms with Crippen molar-refractivity contribution in [1.82, 2.24) is 0 Å². The van der Waals surface area contributed by atoms with Gasteiger partial charge in [-0.25, -0.2) is 0 Å². The van der Waals surface area contributed by atoms with Crippen LogP contribution in [0.2, 0.25) is 13.1 Å². The van der Waals surface area contributed by atoms with Crippen LogP contribution in [0, 0.1) is 55.4 Å². The molecule has 0 N–H and O–H groups in total. The fourth-order valence-corrected chi connectivity index (χ4v) is 9.69. The molecule has 64 heavy (non-hydrogen) atoms. The van der Waals surface area contributed by atoms with Crippen LogP contribution in [0.25, 0.3) is 66.1 Å². The smallest absolute Gasteiger partial charge is 0.164 e. The van der Waals surface area contributed by atoms with Crippen molar-refractivity contribution in [1.29, 1.82) is 0 Å². The van der Waals surface area contributed by atoms with E-state index in [9.17, 15) is 0 Å². The molecule has 0 saturated carbocycles. The molecule has 0 nitrogen and oxygen atoms in total. The molecule has 0 aliphatic heterocycles. The molecule has 0 aliphatic rings. The Bertz CT molecular complexity index is 2340. The predicted octanol–water partition coefficient (Wildman–Crippen LogP) is 18.5. The summed E-state index contributed by atoms with van der Waals surface area (Å²) in [6.45, 7) is 26.4. The zero-order chi connectivity index (χ0) is 45.2. The Morgan fingerprint density at radius 3 is 0.875 bits per heavy atom. The number of benzene rings is 6. The van der Waals surface area contributed by atoms with Crippen molar-refractivity contribution in [3.8, 4) is 44.5 Å². The summed E-state index contributed by atoms with van der Waals surface area (Å²) in [5.74, 6) is 0. The van der Waals surface area contributed by atoms with Crippen LogP contribution >= 0.6 is 0 Å². The van der Waals surface area contributed by atoms with Gasteiger partial charge in [0.1, 0.15) is 0 Å². The normalized spacial score (nSPS) is 10.9. The predicted molar refractivity (Wildman–Crippen MR) is 283 cm³/mol. The number of rotatable bonds is 12. The van der Waals surface area contributed by atoms with Crippen LogP contribution in [0.1, 0.15) is 108 Å².